The van der Waals surface area contributed by atoms with E-state index in [4.69, 9.17) is 4.74 Å². The van der Waals surface area contributed by atoms with Gasteiger partial charge in [-0.15, -0.1) is 0 Å². The van der Waals surface area contributed by atoms with Crippen molar-refractivity contribution in [2.75, 3.05) is 39.3 Å². The smallest absolute Gasteiger partial charge is 0.302 e. The number of benzene rings is 1. The predicted octanol–water partition coefficient (Wildman–Crippen LogP) is 0.798. The van der Waals surface area contributed by atoms with Crippen molar-refractivity contribution in [3.8, 4) is 0 Å². The quantitative estimate of drug-likeness (QED) is 0.432. The number of hydrogen-bond acceptors (Lipinski definition) is 6. The maximum Gasteiger partial charge on any atom is 0.302 e. The zero-order valence-electron chi connectivity index (χ0n) is 12.8. The third-order valence-electron chi connectivity index (χ3n) is 3.53. The highest BCUT2D eigenvalue weighted by molar-refractivity contribution is 7.82. The van der Waals surface area contributed by atoms with Crippen LogP contribution >= 0.6 is 0 Å². The highest BCUT2D eigenvalue weighted by atomic mass is 32.2. The fourth-order valence-electron chi connectivity index (χ4n) is 2.27. The minimum atomic E-state index is -1.32. The van der Waals surface area contributed by atoms with E-state index in [2.05, 4.69) is 4.90 Å². The molecule has 1 fully saturated rings. The average molecular weight is 341 g/mol. The topological polar surface area (TPSA) is 93.0 Å². The summed E-state index contributed by atoms with van der Waals surface area (Å²) in [7, 11) is -1.32. The van der Waals surface area contributed by atoms with E-state index in [0.29, 0.717) is 31.1 Å². The third kappa shape index (κ3) is 5.08. The molecule has 0 aromatic heterocycles. The summed E-state index contributed by atoms with van der Waals surface area (Å²) in [5.41, 5.74) is -0.0129. The molecule has 126 valence electrons. The van der Waals surface area contributed by atoms with E-state index in [1.165, 1.54) is 31.2 Å². The molecule has 1 unspecified atom stereocenters. The van der Waals surface area contributed by atoms with Gasteiger partial charge >= 0.3 is 5.97 Å². The van der Waals surface area contributed by atoms with Gasteiger partial charge in [0.15, 0.2) is 0 Å². The number of nitro groups is 1. The lowest BCUT2D eigenvalue weighted by Gasteiger charge is -2.33. The van der Waals surface area contributed by atoms with Crippen molar-refractivity contribution in [1.82, 2.24) is 9.21 Å². The van der Waals surface area contributed by atoms with Crippen LogP contribution in [0.1, 0.15) is 6.92 Å². The van der Waals surface area contributed by atoms with Crippen LogP contribution in [0.4, 0.5) is 5.69 Å². The van der Waals surface area contributed by atoms with Gasteiger partial charge in [-0.1, -0.05) is 0 Å². The van der Waals surface area contributed by atoms with E-state index in [-0.39, 0.29) is 11.7 Å². The fraction of sp³-hybridized carbons (Fsp3) is 0.500. The van der Waals surface area contributed by atoms with Crippen LogP contribution in [0, 0.1) is 10.1 Å². The zero-order valence-corrected chi connectivity index (χ0v) is 13.7. The van der Waals surface area contributed by atoms with Gasteiger partial charge in [-0.25, -0.2) is 8.51 Å². The van der Waals surface area contributed by atoms with Gasteiger partial charge in [0, 0.05) is 51.8 Å². The lowest BCUT2D eigenvalue weighted by Crippen LogP contribution is -2.47. The molecular formula is C14H19N3O5S. The van der Waals surface area contributed by atoms with Gasteiger partial charge in [-0.2, -0.15) is 0 Å². The van der Waals surface area contributed by atoms with Gasteiger partial charge < -0.3 is 4.74 Å². The maximum atomic E-state index is 12.5. The molecule has 9 heteroatoms. The molecule has 0 saturated carbocycles. The van der Waals surface area contributed by atoms with Crippen molar-refractivity contribution < 1.29 is 18.7 Å². The Kier molecular flexibility index (Phi) is 6.20. The number of nitrogens with zero attached hydrogens (tertiary/aromatic N) is 3. The number of hydrogen-bond donors (Lipinski definition) is 0. The van der Waals surface area contributed by atoms with E-state index in [1.807, 2.05) is 4.31 Å². The first-order valence-corrected chi connectivity index (χ1v) is 8.35. The minimum absolute atomic E-state index is 0.0129. The normalized spacial score (nSPS) is 17.6. The number of non-ortho nitro benzene ring substituents is 1. The largest absolute Gasteiger partial charge is 0.465 e. The summed E-state index contributed by atoms with van der Waals surface area (Å²) in [5, 5.41) is 10.6. The first kappa shape index (κ1) is 17.5. The third-order valence-corrected chi connectivity index (χ3v) is 5.04. The first-order chi connectivity index (χ1) is 11.0. The lowest BCUT2D eigenvalue weighted by atomic mass is 10.3. The second-order valence-corrected chi connectivity index (χ2v) is 6.60. The number of piperazine rings is 1. The van der Waals surface area contributed by atoms with Crippen LogP contribution in [0.3, 0.4) is 0 Å². The average Bonchev–Trinajstić information content (AvgIpc) is 2.54. The summed E-state index contributed by atoms with van der Waals surface area (Å²) in [6.45, 7) is 5.14. The highest BCUT2D eigenvalue weighted by Gasteiger charge is 2.22. The summed E-state index contributed by atoms with van der Waals surface area (Å²) < 4.78 is 19.2. The maximum absolute atomic E-state index is 12.5. The Morgan fingerprint density at radius 1 is 1.26 bits per heavy atom. The van der Waals surface area contributed by atoms with Gasteiger partial charge in [0.2, 0.25) is 0 Å². The molecule has 1 aliphatic rings. The first-order valence-electron chi connectivity index (χ1n) is 7.24. The number of carbonyl (C=O) groups excluding carboxylic acids is 1. The Hall–Kier alpha value is -1.84. The minimum Gasteiger partial charge on any atom is -0.465 e. The molecule has 2 rings (SSSR count). The van der Waals surface area contributed by atoms with Crippen molar-refractivity contribution in [3.63, 3.8) is 0 Å². The molecule has 0 amide bonds. The van der Waals surface area contributed by atoms with E-state index in [9.17, 15) is 19.1 Å². The second kappa shape index (κ2) is 8.14. The molecule has 0 radical (unpaired) electrons. The van der Waals surface area contributed by atoms with Crippen LogP contribution in [0.25, 0.3) is 0 Å². The van der Waals surface area contributed by atoms with Gasteiger partial charge in [0.1, 0.15) is 17.6 Å². The molecule has 1 heterocycles. The molecule has 23 heavy (non-hydrogen) atoms. The molecule has 1 atom stereocenters. The molecule has 8 nitrogen and oxygen atoms in total. The van der Waals surface area contributed by atoms with Crippen molar-refractivity contribution in [2.24, 2.45) is 0 Å². The molecule has 1 aromatic carbocycles. The predicted molar refractivity (Wildman–Crippen MR) is 84.2 cm³/mol. The Morgan fingerprint density at radius 3 is 2.39 bits per heavy atom. The van der Waals surface area contributed by atoms with Gasteiger partial charge in [-0.05, 0) is 12.1 Å². The highest BCUT2D eigenvalue weighted by Crippen LogP contribution is 2.17. The Morgan fingerprint density at radius 2 is 1.87 bits per heavy atom. The molecule has 0 aliphatic carbocycles. The molecule has 1 aromatic rings. The number of ether oxygens (including phenoxy) is 1. The zero-order chi connectivity index (χ0) is 16.8. The van der Waals surface area contributed by atoms with Crippen molar-refractivity contribution in [2.45, 2.75) is 11.8 Å². The van der Waals surface area contributed by atoms with Crippen molar-refractivity contribution >= 4 is 22.6 Å². The molecular weight excluding hydrogens is 322 g/mol. The molecule has 0 bridgehead atoms. The lowest BCUT2D eigenvalue weighted by molar-refractivity contribution is -0.384. The second-order valence-electron chi connectivity index (χ2n) is 5.11. The monoisotopic (exact) mass is 341 g/mol. The number of nitro benzene ring substituents is 1. The molecule has 1 saturated heterocycles. The van der Waals surface area contributed by atoms with Crippen LogP contribution in [0.15, 0.2) is 29.2 Å². The summed E-state index contributed by atoms with van der Waals surface area (Å²) in [5.74, 6) is -0.289. The fourth-order valence-corrected chi connectivity index (χ4v) is 3.43. The van der Waals surface area contributed by atoms with Crippen LogP contribution in [0.5, 0.6) is 0 Å². The number of rotatable bonds is 6. The van der Waals surface area contributed by atoms with Crippen molar-refractivity contribution in [1.29, 1.82) is 0 Å². The summed E-state index contributed by atoms with van der Waals surface area (Å²) >= 11 is 0. The summed E-state index contributed by atoms with van der Waals surface area (Å²) in [6.07, 6.45) is 0. The van der Waals surface area contributed by atoms with Crippen molar-refractivity contribution in [3.05, 3.63) is 34.4 Å². The van der Waals surface area contributed by atoms with E-state index >= 15 is 0 Å². The Bertz CT molecular complexity index is 585. The van der Waals surface area contributed by atoms with Gasteiger partial charge in [0.25, 0.3) is 5.69 Å². The Labute approximate surface area is 136 Å². The van der Waals surface area contributed by atoms with Gasteiger partial charge in [-0.3, -0.25) is 19.8 Å². The molecule has 1 aliphatic heterocycles. The molecule has 0 spiro atoms. The van der Waals surface area contributed by atoms with Crippen LogP contribution in [-0.2, 0) is 20.5 Å². The van der Waals surface area contributed by atoms with Crippen LogP contribution in [-0.4, -0.2) is 63.6 Å². The standard InChI is InChI=1S/C14H19N3O5S/c1-12(18)22-11-10-15-6-8-16(9-7-15)23(21)14-4-2-13(3-5-14)17(19)20/h2-5H,6-11H2,1H3. The van der Waals surface area contributed by atoms with E-state index < -0.39 is 15.9 Å². The van der Waals surface area contributed by atoms with E-state index in [1.54, 1.807) is 0 Å². The molecule has 0 N–H and O–H groups in total. The van der Waals surface area contributed by atoms with Gasteiger partial charge in [0.05, 0.1) is 9.82 Å². The number of carbonyl (C=O) groups is 1. The Balaban J connectivity index is 1.83. The summed E-state index contributed by atoms with van der Waals surface area (Å²) in [6, 6.07) is 5.79. The SMILES string of the molecule is CC(=O)OCCN1CCN(S(=O)c2ccc([N+](=O)[O-])cc2)CC1. The summed E-state index contributed by atoms with van der Waals surface area (Å²) in [4.78, 5) is 23.6. The van der Waals surface area contributed by atoms with E-state index in [0.717, 1.165) is 13.1 Å². The number of esters is 1. The van der Waals surface area contributed by atoms with Crippen LogP contribution < -0.4 is 0 Å². The van der Waals surface area contributed by atoms with Crippen LogP contribution in [0.2, 0.25) is 0 Å².